The van der Waals surface area contributed by atoms with Crippen LogP contribution in [0, 0.1) is 0 Å². The van der Waals surface area contributed by atoms with Crippen LogP contribution in [0.2, 0.25) is 0 Å². The van der Waals surface area contributed by atoms with Gasteiger partial charge in [0, 0.05) is 0 Å². The normalized spacial score (nSPS) is 12.9. The van der Waals surface area contributed by atoms with Crippen LogP contribution < -0.4 is 0 Å². The van der Waals surface area contributed by atoms with Crippen molar-refractivity contribution in [3.8, 4) is 0 Å². The molecule has 0 aliphatic heterocycles. The third-order valence-electron chi connectivity index (χ3n) is 1.08. The molecule has 0 radical (unpaired) electrons. The van der Waals surface area contributed by atoms with Gasteiger partial charge in [-0.2, -0.15) is 11.8 Å². The molecule has 0 spiro atoms. The third kappa shape index (κ3) is 10.8. The van der Waals surface area contributed by atoms with E-state index in [1.165, 1.54) is 11.8 Å². The van der Waals surface area contributed by atoms with E-state index in [4.69, 9.17) is 39.9 Å². The Labute approximate surface area is 145 Å². The molecule has 3 nitrogen and oxygen atoms in total. The summed E-state index contributed by atoms with van der Waals surface area (Å²) in [6, 6.07) is 0. The topological polar surface area (TPSA) is 46.5 Å². The van der Waals surface area contributed by atoms with Crippen LogP contribution >= 0.6 is 46.6 Å². The van der Waals surface area contributed by atoms with Gasteiger partial charge in [-0.05, 0) is 53.2 Å². The molecule has 1 atom stereocenters. The number of rotatable bonds is 4. The maximum absolute atomic E-state index is 10.9. The number of hydrogen-bond acceptors (Lipinski definition) is 4. The average molecular weight is 308 g/mol. The minimum absolute atomic E-state index is 0. The number of halogens is 3. The molecular formula is C6H10Cl3KO3S. The number of carbonyl (C=O) groups excluding carboxylic acids is 1. The minimum atomic E-state index is -2.10. The summed E-state index contributed by atoms with van der Waals surface area (Å²) < 4.78 is 2.19. The van der Waals surface area contributed by atoms with Crippen molar-refractivity contribution in [1.82, 2.24) is 0 Å². The van der Waals surface area contributed by atoms with Crippen molar-refractivity contribution in [2.45, 2.75) is 16.5 Å². The van der Waals surface area contributed by atoms with Crippen LogP contribution in [-0.4, -0.2) is 84.6 Å². The van der Waals surface area contributed by atoms with Crippen molar-refractivity contribution in [2.24, 2.45) is 0 Å². The number of thioether (sulfide) groups is 1. The summed E-state index contributed by atoms with van der Waals surface area (Å²) in [7, 11) is 0. The fourth-order valence-electron chi connectivity index (χ4n) is 0.529. The number of esters is 1. The van der Waals surface area contributed by atoms with E-state index < -0.39 is 16.1 Å². The van der Waals surface area contributed by atoms with Crippen molar-refractivity contribution in [3.63, 3.8) is 0 Å². The van der Waals surface area contributed by atoms with Gasteiger partial charge >= 0.3 is 61.3 Å². The zero-order valence-corrected chi connectivity index (χ0v) is 9.88. The van der Waals surface area contributed by atoms with Gasteiger partial charge in [0.25, 0.3) is 0 Å². The van der Waals surface area contributed by atoms with E-state index in [-0.39, 0.29) is 57.8 Å². The Kier molecular flexibility index (Phi) is 12.4. The Balaban J connectivity index is 0. The van der Waals surface area contributed by atoms with Crippen LogP contribution in [0.4, 0.5) is 0 Å². The van der Waals surface area contributed by atoms with E-state index in [9.17, 15) is 4.79 Å². The molecule has 80 valence electrons. The van der Waals surface area contributed by atoms with Gasteiger partial charge in [-0.15, -0.1) is 0 Å². The van der Waals surface area contributed by atoms with Gasteiger partial charge in [0.05, 0.1) is 0 Å². The summed E-state index contributed by atoms with van der Waals surface area (Å²) in [6.07, 6.45) is 0.899. The van der Waals surface area contributed by atoms with Gasteiger partial charge in [-0.3, -0.25) is 0 Å². The Morgan fingerprint density at radius 2 is 2.07 bits per heavy atom. The second kappa shape index (κ2) is 9.33. The van der Waals surface area contributed by atoms with E-state index in [0.29, 0.717) is 5.75 Å². The molecule has 0 heterocycles. The van der Waals surface area contributed by atoms with Gasteiger partial charge in [0.15, 0.2) is 6.10 Å². The van der Waals surface area contributed by atoms with Gasteiger partial charge < -0.3 is 9.84 Å². The maximum atomic E-state index is 10.9. The number of carbonyl (C=O) groups is 1. The molecule has 8 heteroatoms. The van der Waals surface area contributed by atoms with Crippen LogP contribution in [0.3, 0.4) is 0 Å². The molecule has 0 bridgehead atoms. The molecule has 0 unspecified atom stereocenters. The van der Waals surface area contributed by atoms with Gasteiger partial charge in [-0.25, -0.2) is 4.79 Å². The van der Waals surface area contributed by atoms with Gasteiger partial charge in [0.2, 0.25) is 0 Å². The van der Waals surface area contributed by atoms with Crippen LogP contribution in [-0.2, 0) is 9.53 Å². The number of aliphatic hydroxyl groups excluding tert-OH is 1. The number of aliphatic hydroxyl groups is 1. The Morgan fingerprint density at radius 1 is 1.57 bits per heavy atom. The van der Waals surface area contributed by atoms with Crippen LogP contribution in [0.15, 0.2) is 0 Å². The molecule has 0 rings (SSSR count). The van der Waals surface area contributed by atoms with Crippen molar-refractivity contribution in [3.05, 3.63) is 0 Å². The van der Waals surface area contributed by atoms with E-state index in [1.807, 2.05) is 6.26 Å². The number of ether oxygens (including phenoxy) is 1. The molecule has 0 aromatic heterocycles. The van der Waals surface area contributed by atoms with Crippen LogP contribution in [0.5, 0.6) is 0 Å². The summed E-state index contributed by atoms with van der Waals surface area (Å²) in [5.41, 5.74) is 0. The fourth-order valence-corrected chi connectivity index (χ4v) is 1.22. The summed E-state index contributed by atoms with van der Waals surface area (Å²) in [6.45, 7) is 0. The first-order valence-electron chi connectivity index (χ1n) is 3.33. The molecule has 0 aliphatic rings. The first-order valence-corrected chi connectivity index (χ1v) is 5.86. The van der Waals surface area contributed by atoms with E-state index >= 15 is 0 Å². The second-order valence-electron chi connectivity index (χ2n) is 2.16. The van der Waals surface area contributed by atoms with E-state index in [1.54, 1.807) is 0 Å². The third-order valence-corrected chi connectivity index (χ3v) is 1.96. The molecule has 0 aromatic carbocycles. The zero-order valence-electron chi connectivity index (χ0n) is 6.80. The molecule has 14 heavy (non-hydrogen) atoms. The summed E-state index contributed by atoms with van der Waals surface area (Å²) in [4.78, 5) is 10.9. The summed E-state index contributed by atoms with van der Waals surface area (Å²) >= 11 is 17.0. The van der Waals surface area contributed by atoms with Crippen molar-refractivity contribution in [1.29, 1.82) is 0 Å². The fraction of sp³-hybridized carbons (Fsp3) is 0.833. The standard InChI is InChI=1S/C6H9Cl3O3S.K.H/c1-13-3-2-4(10)5(11)12-6(7,8)9;;/h4,10H,2-3H2,1H3;;/t4-;;/m0../s1. The Hall–Kier alpha value is 2.29. The quantitative estimate of drug-likeness (QED) is 0.483. The van der Waals surface area contributed by atoms with Crippen molar-refractivity contribution < 1.29 is 14.6 Å². The van der Waals surface area contributed by atoms with Crippen molar-refractivity contribution in [2.75, 3.05) is 12.0 Å². The molecule has 1 N–H and O–H groups in total. The van der Waals surface area contributed by atoms with Crippen LogP contribution in [0.25, 0.3) is 0 Å². The zero-order chi connectivity index (χ0) is 10.5. The first-order chi connectivity index (χ1) is 5.87. The van der Waals surface area contributed by atoms with E-state index in [0.717, 1.165) is 0 Å². The summed E-state index contributed by atoms with van der Waals surface area (Å²) in [5.74, 6) is -0.287. The predicted octanol–water partition coefficient (Wildman–Crippen LogP) is 1.32. The van der Waals surface area contributed by atoms with Crippen LogP contribution in [0.1, 0.15) is 6.42 Å². The molecule has 0 aliphatic carbocycles. The molecule has 0 fully saturated rings. The van der Waals surface area contributed by atoms with Gasteiger partial charge in [-0.1, -0.05) is 0 Å². The number of hydrogen-bond donors (Lipinski definition) is 1. The average Bonchev–Trinajstić information content (AvgIpc) is 1.96. The van der Waals surface area contributed by atoms with E-state index in [2.05, 4.69) is 4.74 Å². The molecule has 0 saturated carbocycles. The molecular weight excluding hydrogens is 298 g/mol. The Morgan fingerprint density at radius 3 is 2.43 bits per heavy atom. The van der Waals surface area contributed by atoms with Crippen molar-refractivity contribution >= 4 is 104 Å². The summed E-state index contributed by atoms with van der Waals surface area (Å²) in [5, 5.41) is 9.15. The molecule has 0 saturated heterocycles. The first kappa shape index (κ1) is 18.6. The molecule has 0 aromatic rings. The molecule has 0 amide bonds. The monoisotopic (exact) mass is 306 g/mol. The second-order valence-corrected chi connectivity index (χ2v) is 5.33. The van der Waals surface area contributed by atoms with Gasteiger partial charge in [0.1, 0.15) is 0 Å². The predicted molar refractivity (Wildman–Crippen MR) is 62.5 cm³/mol. The SMILES string of the molecule is CSCC[C@H](O)C(=O)OC(Cl)(Cl)Cl.[KH]. The Bertz CT molecular complexity index is 176. The number of alkyl halides is 3.